The van der Waals surface area contributed by atoms with E-state index in [1.807, 2.05) is 24.1 Å². The largest absolute Gasteiger partial charge is 0.465 e. The normalized spacial score (nSPS) is 10.6. The molecule has 0 saturated carbocycles. The Balaban J connectivity index is 2.05. The number of benzene rings is 1. The zero-order valence-corrected chi connectivity index (χ0v) is 12.2. The Kier molecular flexibility index (Phi) is 3.51. The fourth-order valence-electron chi connectivity index (χ4n) is 2.02. The number of carboxylic acid groups (broad SMARTS) is 1. The van der Waals surface area contributed by atoms with Gasteiger partial charge in [-0.3, -0.25) is 9.72 Å². The van der Waals surface area contributed by atoms with Gasteiger partial charge in [0.2, 0.25) is 11.6 Å². The Morgan fingerprint density at radius 1 is 1.32 bits per heavy atom. The van der Waals surface area contributed by atoms with Gasteiger partial charge in [-0.2, -0.15) is 0 Å². The van der Waals surface area contributed by atoms with E-state index >= 15 is 0 Å². The third-order valence-electron chi connectivity index (χ3n) is 3.06. The number of fused-ring (bicyclic) bond motifs is 1. The molecular weight excluding hydrogens is 308 g/mol. The molecule has 0 saturated heterocycles. The molecule has 1 amide bonds. The number of nitrogens with one attached hydrogen (secondary N) is 1. The van der Waals surface area contributed by atoms with Crippen molar-refractivity contribution in [3.8, 4) is 0 Å². The average molecular weight is 319 g/mol. The Hall–Kier alpha value is -2.87. The van der Waals surface area contributed by atoms with E-state index in [2.05, 4.69) is 20.5 Å². The summed E-state index contributed by atoms with van der Waals surface area (Å²) in [6.45, 7) is 0. The second-order valence-corrected chi connectivity index (χ2v) is 4.87. The van der Waals surface area contributed by atoms with Crippen molar-refractivity contribution in [1.82, 2.24) is 19.6 Å². The molecule has 0 spiro atoms. The zero-order chi connectivity index (χ0) is 15.7. The molecular formula is C13H11ClN6O2. The summed E-state index contributed by atoms with van der Waals surface area (Å²) in [6, 6.07) is 7.24. The number of hydrogen-bond donors (Lipinski definition) is 2. The van der Waals surface area contributed by atoms with Crippen molar-refractivity contribution >= 4 is 40.8 Å². The SMILES string of the molecule is CN(c1ccc(Cl)cc1)c1nccn2c(NC(=O)O)nnc12. The Morgan fingerprint density at radius 2 is 2.05 bits per heavy atom. The first-order valence-electron chi connectivity index (χ1n) is 6.25. The van der Waals surface area contributed by atoms with Crippen LogP contribution >= 0.6 is 11.6 Å². The molecule has 9 heteroatoms. The van der Waals surface area contributed by atoms with E-state index in [0.717, 1.165) is 5.69 Å². The lowest BCUT2D eigenvalue weighted by Gasteiger charge is -2.18. The Labute approximate surface area is 130 Å². The van der Waals surface area contributed by atoms with Crippen molar-refractivity contribution in [1.29, 1.82) is 0 Å². The molecule has 0 bridgehead atoms. The number of halogens is 1. The fraction of sp³-hybridized carbons (Fsp3) is 0.0769. The lowest BCUT2D eigenvalue weighted by atomic mass is 10.3. The van der Waals surface area contributed by atoms with Crippen molar-refractivity contribution in [3.63, 3.8) is 0 Å². The first-order valence-corrected chi connectivity index (χ1v) is 6.63. The molecule has 22 heavy (non-hydrogen) atoms. The Morgan fingerprint density at radius 3 is 2.73 bits per heavy atom. The van der Waals surface area contributed by atoms with Crippen LogP contribution < -0.4 is 10.2 Å². The van der Waals surface area contributed by atoms with Crippen LogP contribution in [0.1, 0.15) is 0 Å². The molecule has 1 aromatic carbocycles. The minimum Gasteiger partial charge on any atom is -0.465 e. The third-order valence-corrected chi connectivity index (χ3v) is 3.31. The average Bonchev–Trinajstić information content (AvgIpc) is 2.90. The molecule has 0 radical (unpaired) electrons. The quantitative estimate of drug-likeness (QED) is 0.770. The van der Waals surface area contributed by atoms with Crippen molar-refractivity contribution in [3.05, 3.63) is 41.7 Å². The van der Waals surface area contributed by atoms with E-state index < -0.39 is 6.09 Å². The first-order chi connectivity index (χ1) is 10.6. The molecule has 0 aliphatic carbocycles. The highest BCUT2D eigenvalue weighted by Gasteiger charge is 2.15. The van der Waals surface area contributed by atoms with Gasteiger partial charge in [-0.05, 0) is 24.3 Å². The summed E-state index contributed by atoms with van der Waals surface area (Å²) in [7, 11) is 1.82. The van der Waals surface area contributed by atoms with E-state index in [-0.39, 0.29) is 5.95 Å². The maximum Gasteiger partial charge on any atom is 0.411 e. The van der Waals surface area contributed by atoms with Gasteiger partial charge in [0.1, 0.15) is 0 Å². The highest BCUT2D eigenvalue weighted by Crippen LogP contribution is 2.26. The van der Waals surface area contributed by atoms with Crippen molar-refractivity contribution < 1.29 is 9.90 Å². The minimum atomic E-state index is -1.21. The van der Waals surface area contributed by atoms with Gasteiger partial charge in [0.25, 0.3) is 0 Å². The van der Waals surface area contributed by atoms with Crippen LogP contribution in [0.5, 0.6) is 0 Å². The lowest BCUT2D eigenvalue weighted by Crippen LogP contribution is -2.13. The minimum absolute atomic E-state index is 0.107. The lowest BCUT2D eigenvalue weighted by molar-refractivity contribution is 0.209. The first kappa shape index (κ1) is 14.1. The summed E-state index contributed by atoms with van der Waals surface area (Å²) in [5.74, 6) is 0.645. The van der Waals surface area contributed by atoms with E-state index in [9.17, 15) is 4.79 Å². The van der Waals surface area contributed by atoms with Gasteiger partial charge in [-0.25, -0.2) is 9.78 Å². The number of carbonyl (C=O) groups is 1. The van der Waals surface area contributed by atoms with Crippen LogP contribution in [0.3, 0.4) is 0 Å². The van der Waals surface area contributed by atoms with Gasteiger partial charge in [-0.15, -0.1) is 10.2 Å². The molecule has 8 nitrogen and oxygen atoms in total. The van der Waals surface area contributed by atoms with Crippen LogP contribution in [0.4, 0.5) is 22.2 Å². The van der Waals surface area contributed by atoms with Crippen molar-refractivity contribution in [2.24, 2.45) is 0 Å². The molecule has 2 heterocycles. The van der Waals surface area contributed by atoms with E-state index in [1.54, 1.807) is 24.5 Å². The van der Waals surface area contributed by atoms with Gasteiger partial charge in [0.05, 0.1) is 0 Å². The van der Waals surface area contributed by atoms with Crippen LogP contribution in [0, 0.1) is 0 Å². The summed E-state index contributed by atoms with van der Waals surface area (Å²) < 4.78 is 1.52. The van der Waals surface area contributed by atoms with E-state index in [4.69, 9.17) is 16.7 Å². The van der Waals surface area contributed by atoms with Gasteiger partial charge >= 0.3 is 6.09 Å². The number of aromatic nitrogens is 4. The van der Waals surface area contributed by atoms with Crippen LogP contribution in [-0.4, -0.2) is 37.8 Å². The monoisotopic (exact) mass is 318 g/mol. The zero-order valence-electron chi connectivity index (χ0n) is 11.4. The summed E-state index contributed by atoms with van der Waals surface area (Å²) in [5.41, 5.74) is 1.30. The van der Waals surface area contributed by atoms with Crippen LogP contribution in [-0.2, 0) is 0 Å². The molecule has 0 unspecified atom stereocenters. The van der Waals surface area contributed by atoms with E-state index in [0.29, 0.717) is 16.5 Å². The molecule has 3 rings (SSSR count). The second-order valence-electron chi connectivity index (χ2n) is 4.43. The van der Waals surface area contributed by atoms with Crippen LogP contribution in [0.25, 0.3) is 5.65 Å². The summed E-state index contributed by atoms with van der Waals surface area (Å²) >= 11 is 5.88. The van der Waals surface area contributed by atoms with Gasteiger partial charge in [0.15, 0.2) is 5.82 Å². The summed E-state index contributed by atoms with van der Waals surface area (Å²) in [5, 5.41) is 19.4. The van der Waals surface area contributed by atoms with Crippen LogP contribution in [0.15, 0.2) is 36.7 Å². The number of anilines is 3. The van der Waals surface area contributed by atoms with Gasteiger partial charge in [0, 0.05) is 30.2 Å². The van der Waals surface area contributed by atoms with Crippen molar-refractivity contribution in [2.75, 3.05) is 17.3 Å². The number of rotatable bonds is 3. The second kappa shape index (κ2) is 5.49. The maximum absolute atomic E-state index is 10.8. The molecule has 3 aromatic rings. The highest BCUT2D eigenvalue weighted by atomic mass is 35.5. The predicted molar refractivity (Wildman–Crippen MR) is 81.9 cm³/mol. The topological polar surface area (TPSA) is 95.7 Å². The molecule has 2 N–H and O–H groups in total. The maximum atomic E-state index is 10.8. The predicted octanol–water partition coefficient (Wildman–Crippen LogP) is 2.64. The highest BCUT2D eigenvalue weighted by molar-refractivity contribution is 6.30. The summed E-state index contributed by atoms with van der Waals surface area (Å²) in [4.78, 5) is 16.9. The third kappa shape index (κ3) is 2.51. The van der Waals surface area contributed by atoms with E-state index in [1.165, 1.54) is 4.40 Å². The smallest absolute Gasteiger partial charge is 0.411 e. The van der Waals surface area contributed by atoms with Gasteiger partial charge in [-0.1, -0.05) is 11.6 Å². The molecule has 0 aliphatic heterocycles. The molecule has 0 fully saturated rings. The number of hydrogen-bond acceptors (Lipinski definition) is 5. The molecule has 2 aromatic heterocycles. The summed E-state index contributed by atoms with van der Waals surface area (Å²) in [6.07, 6.45) is 1.92. The molecule has 0 aliphatic rings. The number of amides is 1. The molecule has 112 valence electrons. The van der Waals surface area contributed by atoms with Crippen LogP contribution in [0.2, 0.25) is 5.02 Å². The van der Waals surface area contributed by atoms with Crippen molar-refractivity contribution in [2.45, 2.75) is 0 Å². The number of nitrogens with zero attached hydrogens (tertiary/aromatic N) is 5. The fourth-order valence-corrected chi connectivity index (χ4v) is 2.14. The molecule has 0 atom stereocenters. The Bertz CT molecular complexity index is 832. The van der Waals surface area contributed by atoms with Gasteiger partial charge < -0.3 is 10.0 Å². The standard InChI is InChI=1S/C13H11ClN6O2/c1-19(9-4-2-8(14)3-5-9)10-11-17-18-12(16-13(21)22)20(11)7-6-15-10/h2-7H,1H3,(H,16,18)(H,21,22).